The zero-order valence-electron chi connectivity index (χ0n) is 12.2. The fraction of sp³-hybridized carbons (Fsp3) is 0.562. The molecule has 1 aliphatic heterocycles. The molecule has 1 atom stereocenters. The number of carbonyl (C=O) groups is 1. The van der Waals surface area contributed by atoms with Crippen molar-refractivity contribution in [1.29, 1.82) is 0 Å². The van der Waals surface area contributed by atoms with E-state index in [0.29, 0.717) is 26.3 Å². The molecule has 114 valence electrons. The number of rotatable bonds is 4. The van der Waals surface area contributed by atoms with Crippen molar-refractivity contribution in [1.82, 2.24) is 10.2 Å². The van der Waals surface area contributed by atoms with E-state index in [2.05, 4.69) is 11.4 Å². The summed E-state index contributed by atoms with van der Waals surface area (Å²) in [4.78, 5) is 14.1. The number of hydrogen-bond acceptors (Lipinski definition) is 4. The van der Waals surface area contributed by atoms with Gasteiger partial charge < -0.3 is 14.7 Å². The van der Waals surface area contributed by atoms with Gasteiger partial charge in [0.1, 0.15) is 0 Å². The lowest BCUT2D eigenvalue weighted by atomic mass is 9.92. The van der Waals surface area contributed by atoms with Crippen LogP contribution < -0.4 is 5.32 Å². The van der Waals surface area contributed by atoms with Crippen molar-refractivity contribution >= 4 is 5.91 Å². The van der Waals surface area contributed by atoms with Crippen molar-refractivity contribution in [2.24, 2.45) is 0 Å². The molecule has 1 heterocycles. The normalized spacial score (nSPS) is 24.9. The quantitative estimate of drug-likeness (QED) is 0.835. The summed E-state index contributed by atoms with van der Waals surface area (Å²) in [6, 6.07) is 8.15. The van der Waals surface area contributed by atoms with Crippen molar-refractivity contribution < 1.29 is 14.6 Å². The minimum Gasteiger partial charge on any atom is -0.394 e. The van der Waals surface area contributed by atoms with Crippen LogP contribution >= 0.6 is 0 Å². The summed E-state index contributed by atoms with van der Waals surface area (Å²) < 4.78 is 5.26. The van der Waals surface area contributed by atoms with Crippen LogP contribution in [0.15, 0.2) is 24.3 Å². The lowest BCUT2D eigenvalue weighted by Gasteiger charge is -2.32. The molecule has 5 nitrogen and oxygen atoms in total. The van der Waals surface area contributed by atoms with E-state index in [9.17, 15) is 9.90 Å². The number of benzene rings is 1. The average molecular weight is 290 g/mol. The first-order valence-electron chi connectivity index (χ1n) is 7.55. The van der Waals surface area contributed by atoms with Gasteiger partial charge in [0.25, 0.3) is 0 Å². The minimum atomic E-state index is -0.474. The molecule has 0 saturated carbocycles. The Morgan fingerprint density at radius 3 is 2.86 bits per heavy atom. The van der Waals surface area contributed by atoms with Gasteiger partial charge in [-0.25, -0.2) is 0 Å². The predicted octanol–water partition coefficient (Wildman–Crippen LogP) is 0.269. The summed E-state index contributed by atoms with van der Waals surface area (Å²) in [5.41, 5.74) is 1.92. The lowest BCUT2D eigenvalue weighted by molar-refractivity contribution is -0.134. The highest BCUT2D eigenvalue weighted by molar-refractivity contribution is 5.78. The van der Waals surface area contributed by atoms with Crippen LogP contribution in [0.5, 0.6) is 0 Å². The molecule has 2 aliphatic rings. The summed E-state index contributed by atoms with van der Waals surface area (Å²) in [7, 11) is 0. The second-order valence-corrected chi connectivity index (χ2v) is 5.74. The maximum Gasteiger partial charge on any atom is 0.236 e. The third-order valence-electron chi connectivity index (χ3n) is 4.57. The first-order chi connectivity index (χ1) is 10.2. The van der Waals surface area contributed by atoms with Crippen LogP contribution in [-0.4, -0.2) is 55.4 Å². The molecule has 1 unspecified atom stereocenters. The van der Waals surface area contributed by atoms with E-state index >= 15 is 0 Å². The van der Waals surface area contributed by atoms with E-state index in [0.717, 1.165) is 18.4 Å². The third-order valence-corrected chi connectivity index (χ3v) is 4.57. The number of hydrogen-bond donors (Lipinski definition) is 2. The fourth-order valence-corrected chi connectivity index (χ4v) is 3.26. The number of ether oxygens (including phenoxy) is 1. The summed E-state index contributed by atoms with van der Waals surface area (Å²) in [6.07, 6.45) is 1.77. The first-order valence-corrected chi connectivity index (χ1v) is 7.55. The molecule has 0 radical (unpaired) electrons. The highest BCUT2D eigenvalue weighted by Gasteiger charge is 2.38. The second-order valence-electron chi connectivity index (χ2n) is 5.74. The Morgan fingerprint density at radius 2 is 2.10 bits per heavy atom. The van der Waals surface area contributed by atoms with E-state index in [4.69, 9.17) is 4.74 Å². The Morgan fingerprint density at radius 1 is 1.33 bits per heavy atom. The Balaban J connectivity index is 1.67. The molecule has 2 N–H and O–H groups in total. The van der Waals surface area contributed by atoms with E-state index in [1.165, 1.54) is 5.56 Å². The van der Waals surface area contributed by atoms with E-state index < -0.39 is 5.54 Å². The van der Waals surface area contributed by atoms with Crippen molar-refractivity contribution in [3.8, 4) is 0 Å². The van der Waals surface area contributed by atoms with Gasteiger partial charge in [-0.05, 0) is 24.0 Å². The first kappa shape index (κ1) is 14.5. The van der Waals surface area contributed by atoms with Gasteiger partial charge in [0.15, 0.2) is 0 Å². The van der Waals surface area contributed by atoms with Crippen molar-refractivity contribution in [3.63, 3.8) is 0 Å². The minimum absolute atomic E-state index is 0.0143. The summed E-state index contributed by atoms with van der Waals surface area (Å²) in [5.74, 6) is 0.0792. The summed E-state index contributed by atoms with van der Waals surface area (Å²) >= 11 is 0. The highest BCUT2D eigenvalue weighted by Crippen LogP contribution is 2.36. The van der Waals surface area contributed by atoms with Gasteiger partial charge in [0.05, 0.1) is 31.9 Å². The Kier molecular flexibility index (Phi) is 4.24. The third kappa shape index (κ3) is 2.81. The van der Waals surface area contributed by atoms with Gasteiger partial charge in [0.2, 0.25) is 5.91 Å². The van der Waals surface area contributed by atoms with Gasteiger partial charge in [-0.3, -0.25) is 10.1 Å². The number of aryl methyl sites for hydroxylation is 1. The van der Waals surface area contributed by atoms with Gasteiger partial charge >= 0.3 is 0 Å². The smallest absolute Gasteiger partial charge is 0.236 e. The lowest BCUT2D eigenvalue weighted by Crippen LogP contribution is -2.51. The van der Waals surface area contributed by atoms with Crippen LogP contribution in [0, 0.1) is 0 Å². The number of aliphatic hydroxyl groups is 1. The van der Waals surface area contributed by atoms with Crippen molar-refractivity contribution in [3.05, 3.63) is 35.4 Å². The number of aliphatic hydroxyl groups excluding tert-OH is 1. The Bertz CT molecular complexity index is 514. The SMILES string of the molecule is O=C(CNC1(CO)CCc2ccccc21)N1CCOCC1. The van der Waals surface area contributed by atoms with Crippen LogP contribution in [-0.2, 0) is 21.5 Å². The summed E-state index contributed by atoms with van der Waals surface area (Å²) in [5, 5.41) is 13.2. The number of fused-ring (bicyclic) bond motifs is 1. The highest BCUT2D eigenvalue weighted by atomic mass is 16.5. The van der Waals surface area contributed by atoms with Crippen LogP contribution in [0.25, 0.3) is 0 Å². The molecular formula is C16H22N2O3. The van der Waals surface area contributed by atoms with Crippen LogP contribution in [0.4, 0.5) is 0 Å². The van der Waals surface area contributed by atoms with Crippen molar-refractivity contribution in [2.75, 3.05) is 39.5 Å². The standard InChI is InChI=1S/C16H22N2O3/c19-12-16(6-5-13-3-1-2-4-14(13)16)17-11-15(20)18-7-9-21-10-8-18/h1-4,17,19H,5-12H2. The molecule has 1 saturated heterocycles. The monoisotopic (exact) mass is 290 g/mol. The average Bonchev–Trinajstić information content (AvgIpc) is 2.93. The molecule has 21 heavy (non-hydrogen) atoms. The molecule has 5 heteroatoms. The maximum absolute atomic E-state index is 12.3. The predicted molar refractivity (Wildman–Crippen MR) is 78.9 cm³/mol. The molecule has 1 aromatic rings. The zero-order chi connectivity index (χ0) is 14.7. The molecule has 0 spiro atoms. The Hall–Kier alpha value is -1.43. The molecule has 1 fully saturated rings. The fourth-order valence-electron chi connectivity index (χ4n) is 3.26. The summed E-state index contributed by atoms with van der Waals surface area (Å²) in [6.45, 7) is 2.81. The topological polar surface area (TPSA) is 61.8 Å². The molecule has 1 aliphatic carbocycles. The van der Waals surface area contributed by atoms with E-state index in [-0.39, 0.29) is 19.1 Å². The van der Waals surface area contributed by atoms with Gasteiger partial charge in [0, 0.05) is 13.1 Å². The number of nitrogens with one attached hydrogen (secondary N) is 1. The van der Waals surface area contributed by atoms with Crippen molar-refractivity contribution in [2.45, 2.75) is 18.4 Å². The van der Waals surface area contributed by atoms with E-state index in [1.807, 2.05) is 23.1 Å². The number of carbonyl (C=O) groups excluding carboxylic acids is 1. The van der Waals surface area contributed by atoms with Crippen LogP contribution in [0.1, 0.15) is 17.5 Å². The van der Waals surface area contributed by atoms with Gasteiger partial charge in [-0.2, -0.15) is 0 Å². The molecule has 0 aromatic heterocycles. The number of nitrogens with zero attached hydrogens (tertiary/aromatic N) is 1. The van der Waals surface area contributed by atoms with Crippen LogP contribution in [0.3, 0.4) is 0 Å². The number of morpholine rings is 1. The zero-order valence-corrected chi connectivity index (χ0v) is 12.2. The largest absolute Gasteiger partial charge is 0.394 e. The van der Waals surface area contributed by atoms with E-state index in [1.54, 1.807) is 0 Å². The van der Waals surface area contributed by atoms with Gasteiger partial charge in [-0.1, -0.05) is 24.3 Å². The Labute approximate surface area is 124 Å². The molecular weight excluding hydrogens is 268 g/mol. The molecule has 1 aromatic carbocycles. The van der Waals surface area contributed by atoms with Crippen LogP contribution in [0.2, 0.25) is 0 Å². The van der Waals surface area contributed by atoms with Gasteiger partial charge in [-0.15, -0.1) is 0 Å². The molecule has 0 bridgehead atoms. The maximum atomic E-state index is 12.3. The number of amides is 1. The molecule has 3 rings (SSSR count). The second kappa shape index (κ2) is 6.13. The molecule has 1 amide bonds.